The summed E-state index contributed by atoms with van der Waals surface area (Å²) in [6, 6.07) is 5.26. The highest BCUT2D eigenvalue weighted by Gasteiger charge is 2.07. The van der Waals surface area contributed by atoms with Gasteiger partial charge in [-0.2, -0.15) is 5.10 Å². The fourth-order valence-corrected chi connectivity index (χ4v) is 1.51. The molecule has 2 heterocycles. The molecule has 0 unspecified atom stereocenters. The fourth-order valence-electron chi connectivity index (χ4n) is 1.51. The summed E-state index contributed by atoms with van der Waals surface area (Å²) in [5.74, 6) is -0.221. The Hall–Kier alpha value is -2.63. The van der Waals surface area contributed by atoms with Crippen LogP contribution >= 0.6 is 0 Å². The maximum Gasteiger partial charge on any atom is 0.258 e. The fraction of sp³-hybridized carbons (Fsp3) is 0. The largest absolute Gasteiger partial charge is 0.443 e. The molecule has 0 aliphatic carbocycles. The Kier molecular flexibility index (Phi) is 2.11. The molecule has 17 heavy (non-hydrogen) atoms. The number of H-pyrrole nitrogens is 1. The van der Waals surface area contributed by atoms with Gasteiger partial charge in [0.1, 0.15) is 5.52 Å². The van der Waals surface area contributed by atoms with E-state index in [1.807, 2.05) is 0 Å². The van der Waals surface area contributed by atoms with Crippen molar-refractivity contribution < 1.29 is 9.21 Å². The van der Waals surface area contributed by atoms with Crippen molar-refractivity contribution in [1.29, 1.82) is 0 Å². The summed E-state index contributed by atoms with van der Waals surface area (Å²) >= 11 is 0. The Morgan fingerprint density at radius 2 is 2.35 bits per heavy atom. The van der Waals surface area contributed by atoms with Gasteiger partial charge >= 0.3 is 0 Å². The number of hydrogen-bond donors (Lipinski definition) is 2. The van der Waals surface area contributed by atoms with Crippen molar-refractivity contribution in [2.45, 2.75) is 0 Å². The maximum atomic E-state index is 11.7. The first-order valence-electron chi connectivity index (χ1n) is 4.96. The van der Waals surface area contributed by atoms with E-state index >= 15 is 0 Å². The Morgan fingerprint density at radius 3 is 3.18 bits per heavy atom. The van der Waals surface area contributed by atoms with E-state index < -0.39 is 0 Å². The molecule has 2 N–H and O–H groups in total. The minimum absolute atomic E-state index is 0.221. The standard InChI is InChI=1S/C11H8N4O2/c16-11(7-4-13-14-5-7)15-8-1-2-10-9(3-8)12-6-17-10/h1-6H,(H,13,14)(H,15,16). The summed E-state index contributed by atoms with van der Waals surface area (Å²) < 4.78 is 5.11. The van der Waals surface area contributed by atoms with Crippen LogP contribution in [0.1, 0.15) is 10.4 Å². The molecular formula is C11H8N4O2. The van der Waals surface area contributed by atoms with Gasteiger partial charge in [0.25, 0.3) is 5.91 Å². The van der Waals surface area contributed by atoms with Crippen molar-refractivity contribution in [2.24, 2.45) is 0 Å². The van der Waals surface area contributed by atoms with Crippen LogP contribution in [0.15, 0.2) is 41.4 Å². The smallest absolute Gasteiger partial charge is 0.258 e. The van der Waals surface area contributed by atoms with Crippen molar-refractivity contribution in [2.75, 3.05) is 5.32 Å². The van der Waals surface area contributed by atoms with E-state index in [-0.39, 0.29) is 5.91 Å². The number of anilines is 1. The second kappa shape index (κ2) is 3.75. The monoisotopic (exact) mass is 228 g/mol. The Bertz CT molecular complexity index is 657. The lowest BCUT2D eigenvalue weighted by atomic mass is 10.2. The van der Waals surface area contributed by atoms with Crippen LogP contribution < -0.4 is 5.32 Å². The van der Waals surface area contributed by atoms with Crippen molar-refractivity contribution in [3.05, 3.63) is 42.5 Å². The molecule has 3 aromatic rings. The van der Waals surface area contributed by atoms with Crippen molar-refractivity contribution in [3.63, 3.8) is 0 Å². The van der Waals surface area contributed by atoms with Crippen molar-refractivity contribution in [1.82, 2.24) is 15.2 Å². The predicted octanol–water partition coefficient (Wildman–Crippen LogP) is 1.80. The molecule has 6 heteroatoms. The third-order valence-corrected chi connectivity index (χ3v) is 2.35. The first-order chi connectivity index (χ1) is 8.33. The van der Waals surface area contributed by atoms with Crippen LogP contribution in [0.3, 0.4) is 0 Å². The molecule has 6 nitrogen and oxygen atoms in total. The molecule has 0 spiro atoms. The van der Waals surface area contributed by atoms with Gasteiger partial charge < -0.3 is 9.73 Å². The zero-order valence-electron chi connectivity index (χ0n) is 8.68. The number of aromatic nitrogens is 3. The summed E-state index contributed by atoms with van der Waals surface area (Å²) in [4.78, 5) is 15.7. The van der Waals surface area contributed by atoms with Gasteiger partial charge in [-0.3, -0.25) is 9.89 Å². The number of aromatic amines is 1. The molecule has 0 radical (unpaired) electrons. The van der Waals surface area contributed by atoms with E-state index in [1.54, 1.807) is 18.2 Å². The van der Waals surface area contributed by atoms with Crippen LogP contribution in [0, 0.1) is 0 Å². The van der Waals surface area contributed by atoms with Crippen LogP contribution in [0.25, 0.3) is 11.1 Å². The average Bonchev–Trinajstić information content (AvgIpc) is 2.99. The van der Waals surface area contributed by atoms with E-state index in [0.717, 1.165) is 0 Å². The number of amides is 1. The second-order valence-electron chi connectivity index (χ2n) is 3.48. The zero-order valence-corrected chi connectivity index (χ0v) is 8.68. The molecule has 0 aliphatic heterocycles. The van der Waals surface area contributed by atoms with E-state index in [1.165, 1.54) is 18.8 Å². The summed E-state index contributed by atoms with van der Waals surface area (Å²) in [6.07, 6.45) is 4.36. The second-order valence-corrected chi connectivity index (χ2v) is 3.48. The van der Waals surface area contributed by atoms with Crippen LogP contribution in [-0.2, 0) is 0 Å². The van der Waals surface area contributed by atoms with Crippen LogP contribution in [0.2, 0.25) is 0 Å². The molecule has 0 bridgehead atoms. The summed E-state index contributed by atoms with van der Waals surface area (Å²) in [5.41, 5.74) is 2.53. The van der Waals surface area contributed by atoms with E-state index in [2.05, 4.69) is 20.5 Å². The number of oxazole rings is 1. The van der Waals surface area contributed by atoms with E-state index in [0.29, 0.717) is 22.4 Å². The number of carbonyl (C=O) groups is 1. The Balaban J connectivity index is 1.87. The van der Waals surface area contributed by atoms with E-state index in [4.69, 9.17) is 4.42 Å². The number of hydrogen-bond acceptors (Lipinski definition) is 4. The normalized spacial score (nSPS) is 10.6. The minimum Gasteiger partial charge on any atom is -0.443 e. The molecular weight excluding hydrogens is 220 g/mol. The number of fused-ring (bicyclic) bond motifs is 1. The lowest BCUT2D eigenvalue weighted by Gasteiger charge is -2.02. The third kappa shape index (κ3) is 1.76. The molecule has 0 saturated carbocycles. The zero-order chi connectivity index (χ0) is 11.7. The average molecular weight is 228 g/mol. The van der Waals surface area contributed by atoms with Crippen LogP contribution in [0.4, 0.5) is 5.69 Å². The molecule has 0 atom stereocenters. The van der Waals surface area contributed by atoms with Gasteiger partial charge in [0.15, 0.2) is 12.0 Å². The molecule has 1 amide bonds. The van der Waals surface area contributed by atoms with Crippen molar-refractivity contribution >= 4 is 22.7 Å². The number of rotatable bonds is 2. The first-order valence-corrected chi connectivity index (χ1v) is 4.96. The van der Waals surface area contributed by atoms with Crippen LogP contribution in [0.5, 0.6) is 0 Å². The number of carbonyl (C=O) groups excluding carboxylic acids is 1. The highest BCUT2D eigenvalue weighted by molar-refractivity contribution is 6.04. The first kappa shape index (κ1) is 9.59. The molecule has 0 fully saturated rings. The SMILES string of the molecule is O=C(Nc1ccc2ocnc2c1)c1cn[nH]c1. The summed E-state index contributed by atoms with van der Waals surface area (Å²) in [7, 11) is 0. The Labute approximate surface area is 95.7 Å². The Morgan fingerprint density at radius 1 is 1.41 bits per heavy atom. The quantitative estimate of drug-likeness (QED) is 0.700. The summed E-state index contributed by atoms with van der Waals surface area (Å²) in [5, 5.41) is 9.04. The maximum absolute atomic E-state index is 11.7. The van der Waals surface area contributed by atoms with Gasteiger partial charge in [-0.15, -0.1) is 0 Å². The number of nitrogens with zero attached hydrogens (tertiary/aromatic N) is 2. The predicted molar refractivity (Wildman–Crippen MR) is 60.5 cm³/mol. The third-order valence-electron chi connectivity index (χ3n) is 2.35. The molecule has 1 aromatic carbocycles. The number of benzene rings is 1. The van der Waals surface area contributed by atoms with Gasteiger partial charge in [-0.25, -0.2) is 4.98 Å². The molecule has 0 saturated heterocycles. The highest BCUT2D eigenvalue weighted by Crippen LogP contribution is 2.18. The summed E-state index contributed by atoms with van der Waals surface area (Å²) in [6.45, 7) is 0. The van der Waals surface area contributed by atoms with Gasteiger partial charge in [-0.1, -0.05) is 0 Å². The molecule has 2 aromatic heterocycles. The van der Waals surface area contributed by atoms with Gasteiger partial charge in [-0.05, 0) is 18.2 Å². The topological polar surface area (TPSA) is 83.8 Å². The van der Waals surface area contributed by atoms with Crippen LogP contribution in [-0.4, -0.2) is 21.1 Å². The lowest BCUT2D eigenvalue weighted by Crippen LogP contribution is -2.10. The molecule has 3 rings (SSSR count). The van der Waals surface area contributed by atoms with Gasteiger partial charge in [0.2, 0.25) is 0 Å². The minimum atomic E-state index is -0.221. The highest BCUT2D eigenvalue weighted by atomic mass is 16.3. The molecule has 84 valence electrons. The molecule has 0 aliphatic rings. The van der Waals surface area contributed by atoms with Gasteiger partial charge in [0, 0.05) is 11.9 Å². The lowest BCUT2D eigenvalue weighted by molar-refractivity contribution is 0.102. The van der Waals surface area contributed by atoms with Crippen molar-refractivity contribution in [3.8, 4) is 0 Å². The van der Waals surface area contributed by atoms with Gasteiger partial charge in [0.05, 0.1) is 11.8 Å². The van der Waals surface area contributed by atoms with E-state index in [9.17, 15) is 4.79 Å². The number of nitrogens with one attached hydrogen (secondary N) is 2.